The second kappa shape index (κ2) is 14.3. The first kappa shape index (κ1) is 28.2. The molecular formula is C36H30O6. The Hall–Kier alpha value is -5.36. The van der Waals surface area contributed by atoms with Crippen molar-refractivity contribution >= 4 is 12.1 Å². The van der Waals surface area contributed by atoms with Gasteiger partial charge in [-0.3, -0.25) is 9.59 Å². The first-order valence-corrected chi connectivity index (χ1v) is 13.6. The maximum absolute atomic E-state index is 13.4. The van der Waals surface area contributed by atoms with Gasteiger partial charge >= 0.3 is 0 Å². The van der Waals surface area contributed by atoms with Crippen molar-refractivity contribution in [1.82, 2.24) is 0 Å². The molecule has 0 fully saturated rings. The molecule has 0 amide bonds. The zero-order valence-electron chi connectivity index (χ0n) is 23.0. The third-order valence-corrected chi connectivity index (χ3v) is 6.46. The molecule has 5 aromatic carbocycles. The van der Waals surface area contributed by atoms with Gasteiger partial charge in [-0.05, 0) is 41.0 Å². The Bertz CT molecular complexity index is 1600. The van der Waals surface area contributed by atoms with Crippen LogP contribution in [-0.2, 0) is 19.8 Å². The van der Waals surface area contributed by atoms with Gasteiger partial charge in [0.1, 0.15) is 42.8 Å². The van der Waals surface area contributed by atoms with E-state index < -0.39 is 0 Å². The van der Waals surface area contributed by atoms with Crippen molar-refractivity contribution < 1.29 is 28.5 Å². The standard InChI is InChI=1S/C36H30O6/c37-22-30-16-17-31(39-23-27-10-4-1-5-11-27)20-35(30)42-26-34(38)33-19-18-32(40-24-28-12-6-2-7-13-28)21-36(33)41-25-29-14-8-3-9-15-29/h1-22H,23-26H2. The molecule has 0 aromatic heterocycles. The van der Waals surface area contributed by atoms with E-state index in [2.05, 4.69) is 0 Å². The van der Waals surface area contributed by atoms with Crippen molar-refractivity contribution in [3.05, 3.63) is 155 Å². The lowest BCUT2D eigenvalue weighted by Gasteiger charge is -2.15. The summed E-state index contributed by atoms with van der Waals surface area (Å²) in [4.78, 5) is 25.0. The van der Waals surface area contributed by atoms with E-state index in [9.17, 15) is 9.59 Å². The molecule has 0 aliphatic carbocycles. The van der Waals surface area contributed by atoms with E-state index in [0.717, 1.165) is 16.7 Å². The topological polar surface area (TPSA) is 71.1 Å². The predicted octanol–water partition coefficient (Wildman–Crippen LogP) is 7.50. The molecule has 0 aliphatic rings. The van der Waals surface area contributed by atoms with Gasteiger partial charge < -0.3 is 18.9 Å². The zero-order chi connectivity index (χ0) is 29.0. The molecular weight excluding hydrogens is 528 g/mol. The van der Waals surface area contributed by atoms with Gasteiger partial charge in [0.2, 0.25) is 5.78 Å². The van der Waals surface area contributed by atoms with Crippen LogP contribution in [0.3, 0.4) is 0 Å². The highest BCUT2D eigenvalue weighted by atomic mass is 16.5. The predicted molar refractivity (Wildman–Crippen MR) is 160 cm³/mol. The second-order valence-electron chi connectivity index (χ2n) is 9.51. The Morgan fingerprint density at radius 1 is 0.524 bits per heavy atom. The van der Waals surface area contributed by atoms with Gasteiger partial charge in [0.05, 0.1) is 11.1 Å². The van der Waals surface area contributed by atoms with Gasteiger partial charge in [-0.2, -0.15) is 0 Å². The van der Waals surface area contributed by atoms with Crippen LogP contribution in [0.4, 0.5) is 0 Å². The molecule has 0 saturated carbocycles. The average Bonchev–Trinajstić information content (AvgIpc) is 3.06. The van der Waals surface area contributed by atoms with Crippen LogP contribution in [0.2, 0.25) is 0 Å². The van der Waals surface area contributed by atoms with Crippen molar-refractivity contribution in [2.45, 2.75) is 19.8 Å². The minimum absolute atomic E-state index is 0.262. The van der Waals surface area contributed by atoms with Crippen molar-refractivity contribution in [2.75, 3.05) is 6.61 Å². The molecule has 210 valence electrons. The number of rotatable bonds is 14. The summed E-state index contributed by atoms with van der Waals surface area (Å²) in [7, 11) is 0. The summed E-state index contributed by atoms with van der Waals surface area (Å²) < 4.78 is 23.8. The van der Waals surface area contributed by atoms with Gasteiger partial charge in [0.15, 0.2) is 12.9 Å². The first-order valence-electron chi connectivity index (χ1n) is 13.6. The number of carbonyl (C=O) groups excluding carboxylic acids is 2. The molecule has 42 heavy (non-hydrogen) atoms. The highest BCUT2D eigenvalue weighted by Crippen LogP contribution is 2.29. The summed E-state index contributed by atoms with van der Waals surface area (Å²) in [6.07, 6.45) is 0.689. The SMILES string of the molecule is O=Cc1ccc(OCc2ccccc2)cc1OCC(=O)c1ccc(OCc2ccccc2)cc1OCc1ccccc1. The van der Waals surface area contributed by atoms with E-state index in [4.69, 9.17) is 18.9 Å². The lowest BCUT2D eigenvalue weighted by Crippen LogP contribution is -2.14. The lowest BCUT2D eigenvalue weighted by atomic mass is 10.1. The Kier molecular flexibility index (Phi) is 9.61. The maximum atomic E-state index is 13.4. The monoisotopic (exact) mass is 558 g/mol. The van der Waals surface area contributed by atoms with Crippen LogP contribution in [0.5, 0.6) is 23.0 Å². The van der Waals surface area contributed by atoms with Crippen LogP contribution in [0, 0.1) is 0 Å². The summed E-state index contributed by atoms with van der Waals surface area (Å²) in [5, 5.41) is 0. The summed E-state index contributed by atoms with van der Waals surface area (Å²) >= 11 is 0. The van der Waals surface area contributed by atoms with Crippen molar-refractivity contribution in [2.24, 2.45) is 0 Å². The van der Waals surface area contributed by atoms with E-state index in [-0.39, 0.29) is 24.7 Å². The lowest BCUT2D eigenvalue weighted by molar-refractivity contribution is 0.0913. The molecule has 0 bridgehead atoms. The van der Waals surface area contributed by atoms with Gasteiger partial charge in [-0.1, -0.05) is 91.0 Å². The van der Waals surface area contributed by atoms with Crippen LogP contribution in [-0.4, -0.2) is 18.7 Å². The number of aldehydes is 1. The molecule has 0 spiro atoms. The van der Waals surface area contributed by atoms with Crippen LogP contribution in [0.1, 0.15) is 37.4 Å². The van der Waals surface area contributed by atoms with E-state index in [1.165, 1.54) is 0 Å². The van der Waals surface area contributed by atoms with Crippen molar-refractivity contribution in [3.8, 4) is 23.0 Å². The van der Waals surface area contributed by atoms with Crippen LogP contribution in [0.15, 0.2) is 127 Å². The Morgan fingerprint density at radius 3 is 1.52 bits per heavy atom. The fraction of sp³-hybridized carbons (Fsp3) is 0.111. The van der Waals surface area contributed by atoms with Gasteiger partial charge in [0.25, 0.3) is 0 Å². The number of ketones is 1. The van der Waals surface area contributed by atoms with E-state index in [0.29, 0.717) is 47.9 Å². The quantitative estimate of drug-likeness (QED) is 0.104. The normalized spacial score (nSPS) is 10.5. The minimum atomic E-state index is -0.305. The molecule has 6 nitrogen and oxygen atoms in total. The molecule has 6 heteroatoms. The Morgan fingerprint density at radius 2 is 1.00 bits per heavy atom. The number of hydrogen-bond donors (Lipinski definition) is 0. The van der Waals surface area contributed by atoms with E-state index in [1.54, 1.807) is 36.4 Å². The summed E-state index contributed by atoms with van der Waals surface area (Å²) in [5.41, 5.74) is 3.67. The van der Waals surface area contributed by atoms with E-state index in [1.807, 2.05) is 91.0 Å². The molecule has 0 radical (unpaired) electrons. The zero-order valence-corrected chi connectivity index (χ0v) is 23.0. The van der Waals surface area contributed by atoms with Gasteiger partial charge in [0, 0.05) is 12.1 Å². The minimum Gasteiger partial charge on any atom is -0.489 e. The third-order valence-electron chi connectivity index (χ3n) is 6.46. The Balaban J connectivity index is 1.29. The van der Waals surface area contributed by atoms with Crippen LogP contribution in [0.25, 0.3) is 0 Å². The number of benzene rings is 5. The highest BCUT2D eigenvalue weighted by Gasteiger charge is 2.17. The Labute approximate surface area is 245 Å². The van der Waals surface area contributed by atoms with Crippen LogP contribution >= 0.6 is 0 Å². The molecule has 0 unspecified atom stereocenters. The largest absolute Gasteiger partial charge is 0.489 e. The van der Waals surface area contributed by atoms with Gasteiger partial charge in [-0.15, -0.1) is 0 Å². The van der Waals surface area contributed by atoms with Gasteiger partial charge in [-0.25, -0.2) is 0 Å². The van der Waals surface area contributed by atoms with Crippen LogP contribution < -0.4 is 18.9 Å². The first-order chi connectivity index (χ1) is 20.7. The van der Waals surface area contributed by atoms with Crippen molar-refractivity contribution in [1.29, 1.82) is 0 Å². The highest BCUT2D eigenvalue weighted by molar-refractivity contribution is 6.00. The molecule has 0 aliphatic heterocycles. The van der Waals surface area contributed by atoms with E-state index >= 15 is 0 Å². The molecule has 0 N–H and O–H groups in total. The molecule has 0 heterocycles. The number of carbonyl (C=O) groups is 2. The second-order valence-corrected chi connectivity index (χ2v) is 9.51. The maximum Gasteiger partial charge on any atom is 0.203 e. The summed E-state index contributed by atoms with van der Waals surface area (Å²) in [6.45, 7) is 0.724. The summed E-state index contributed by atoms with van der Waals surface area (Å²) in [6, 6.07) is 39.3. The fourth-order valence-electron chi connectivity index (χ4n) is 4.21. The van der Waals surface area contributed by atoms with Crippen molar-refractivity contribution in [3.63, 3.8) is 0 Å². The molecule has 0 atom stereocenters. The number of Topliss-reactive ketones (excluding diaryl/α,β-unsaturated/α-hetero) is 1. The molecule has 0 saturated heterocycles. The molecule has 5 rings (SSSR count). The fourth-order valence-corrected chi connectivity index (χ4v) is 4.21. The summed E-state index contributed by atoms with van der Waals surface area (Å²) in [5.74, 6) is 1.44. The molecule has 5 aromatic rings. The number of ether oxygens (including phenoxy) is 4. The third kappa shape index (κ3) is 7.86. The number of hydrogen-bond acceptors (Lipinski definition) is 6. The average molecular weight is 559 g/mol. The smallest absolute Gasteiger partial charge is 0.203 e.